The second-order valence-electron chi connectivity index (χ2n) is 10.5. The van der Waals surface area contributed by atoms with Crippen LogP contribution in [-0.4, -0.2) is 108 Å². The molecule has 0 spiro atoms. The van der Waals surface area contributed by atoms with Crippen molar-refractivity contribution in [2.75, 3.05) is 53.0 Å². The first-order valence-corrected chi connectivity index (χ1v) is 14.0. The highest BCUT2D eigenvalue weighted by molar-refractivity contribution is 5.96. The van der Waals surface area contributed by atoms with Crippen molar-refractivity contribution in [1.82, 2.24) is 19.8 Å². The van der Waals surface area contributed by atoms with E-state index >= 15 is 0 Å². The van der Waals surface area contributed by atoms with Crippen LogP contribution in [0.4, 0.5) is 4.79 Å². The SMILES string of the molecule is CCCON(CCC)C(=O)CN1C[C@H](c2ccc3c(c2)CCO3)[C@@H](C(=O)O)[C@@H]1CCN1CCC(=O)N(C)C1=O. The highest BCUT2D eigenvalue weighted by atomic mass is 16.7. The molecule has 0 radical (unpaired) electrons. The van der Waals surface area contributed by atoms with Gasteiger partial charge in [-0.1, -0.05) is 26.0 Å². The number of likely N-dealkylation sites (tertiary alicyclic amines) is 1. The number of nitrogens with zero attached hydrogens (tertiary/aromatic N) is 4. The highest BCUT2D eigenvalue weighted by Gasteiger charge is 2.47. The van der Waals surface area contributed by atoms with Crippen molar-refractivity contribution < 1.29 is 33.9 Å². The Labute approximate surface area is 229 Å². The monoisotopic (exact) mass is 544 g/mol. The van der Waals surface area contributed by atoms with Crippen LogP contribution in [-0.2, 0) is 25.6 Å². The quantitative estimate of drug-likeness (QED) is 0.398. The molecule has 0 unspecified atom stereocenters. The number of hydrogen-bond acceptors (Lipinski definition) is 7. The number of rotatable bonds is 12. The molecule has 11 nitrogen and oxygen atoms in total. The summed E-state index contributed by atoms with van der Waals surface area (Å²) in [6, 6.07) is 5.01. The summed E-state index contributed by atoms with van der Waals surface area (Å²) in [5.74, 6) is -1.63. The number of fused-ring (bicyclic) bond motifs is 1. The lowest BCUT2D eigenvalue weighted by molar-refractivity contribution is -0.188. The van der Waals surface area contributed by atoms with Crippen LogP contribution in [0.2, 0.25) is 0 Å². The summed E-state index contributed by atoms with van der Waals surface area (Å²) in [6.45, 7) is 6.46. The Morgan fingerprint density at radius 3 is 2.69 bits per heavy atom. The molecule has 214 valence electrons. The lowest BCUT2D eigenvalue weighted by Gasteiger charge is -2.34. The molecule has 39 heavy (non-hydrogen) atoms. The lowest BCUT2D eigenvalue weighted by atomic mass is 9.83. The first-order valence-electron chi connectivity index (χ1n) is 14.0. The molecule has 4 amide bonds. The number of urea groups is 1. The Bertz CT molecular complexity index is 1080. The number of aliphatic carboxylic acids is 1. The van der Waals surface area contributed by atoms with Gasteiger partial charge in [0.15, 0.2) is 0 Å². The topological polar surface area (TPSA) is 120 Å². The van der Waals surface area contributed by atoms with Crippen molar-refractivity contribution >= 4 is 23.8 Å². The molecule has 3 aliphatic heterocycles. The molecule has 1 N–H and O–H groups in total. The molecule has 0 aromatic heterocycles. The third-order valence-electron chi connectivity index (χ3n) is 7.89. The number of carbonyl (C=O) groups excluding carboxylic acids is 3. The molecule has 0 aliphatic carbocycles. The average molecular weight is 545 g/mol. The minimum atomic E-state index is -0.929. The van der Waals surface area contributed by atoms with Crippen LogP contribution >= 0.6 is 0 Å². The van der Waals surface area contributed by atoms with Crippen LogP contribution in [0, 0.1) is 5.92 Å². The van der Waals surface area contributed by atoms with E-state index in [4.69, 9.17) is 9.57 Å². The summed E-state index contributed by atoms with van der Waals surface area (Å²) in [6.07, 6.45) is 2.89. The van der Waals surface area contributed by atoms with Gasteiger partial charge in [0.25, 0.3) is 5.91 Å². The number of carboxylic acid groups (broad SMARTS) is 1. The predicted octanol–water partition coefficient (Wildman–Crippen LogP) is 2.34. The fraction of sp³-hybridized carbons (Fsp3) is 0.643. The van der Waals surface area contributed by atoms with E-state index in [1.54, 1.807) is 4.90 Å². The van der Waals surface area contributed by atoms with E-state index in [2.05, 4.69) is 0 Å². The van der Waals surface area contributed by atoms with Gasteiger partial charge in [-0.05, 0) is 36.5 Å². The van der Waals surface area contributed by atoms with Crippen molar-refractivity contribution in [2.45, 2.75) is 57.9 Å². The van der Waals surface area contributed by atoms with Gasteiger partial charge in [-0.25, -0.2) is 9.86 Å². The van der Waals surface area contributed by atoms with Crippen LogP contribution in [0.25, 0.3) is 0 Å². The summed E-state index contributed by atoms with van der Waals surface area (Å²) in [5, 5.41) is 11.8. The normalized spacial score (nSPS) is 23.2. The molecule has 3 atom stereocenters. The minimum absolute atomic E-state index is 0.0229. The Balaban J connectivity index is 1.58. The number of ether oxygens (including phenoxy) is 1. The van der Waals surface area contributed by atoms with Crippen LogP contribution in [0.15, 0.2) is 18.2 Å². The number of carbonyl (C=O) groups is 4. The molecule has 1 aromatic rings. The van der Waals surface area contributed by atoms with E-state index in [1.807, 2.05) is 36.9 Å². The summed E-state index contributed by atoms with van der Waals surface area (Å²) in [4.78, 5) is 61.0. The summed E-state index contributed by atoms with van der Waals surface area (Å²) < 4.78 is 5.64. The first-order chi connectivity index (χ1) is 18.7. The second-order valence-corrected chi connectivity index (χ2v) is 10.5. The largest absolute Gasteiger partial charge is 0.493 e. The van der Waals surface area contributed by atoms with Crippen molar-refractivity contribution in [1.29, 1.82) is 0 Å². The maximum absolute atomic E-state index is 13.3. The third kappa shape index (κ3) is 6.36. The van der Waals surface area contributed by atoms with Crippen LogP contribution < -0.4 is 4.74 Å². The Hall–Kier alpha value is -3.18. The molecule has 3 aliphatic rings. The minimum Gasteiger partial charge on any atom is -0.493 e. The van der Waals surface area contributed by atoms with E-state index in [9.17, 15) is 24.3 Å². The summed E-state index contributed by atoms with van der Waals surface area (Å²) >= 11 is 0. The maximum Gasteiger partial charge on any atom is 0.326 e. The Morgan fingerprint density at radius 2 is 1.97 bits per heavy atom. The molecule has 3 heterocycles. The highest BCUT2D eigenvalue weighted by Crippen LogP contribution is 2.41. The van der Waals surface area contributed by atoms with Gasteiger partial charge in [0.05, 0.1) is 25.7 Å². The molecule has 1 aromatic carbocycles. The number of carboxylic acids is 1. The maximum atomic E-state index is 13.3. The van der Waals surface area contributed by atoms with Crippen molar-refractivity contribution in [3.8, 4) is 5.75 Å². The standard InChI is InChI=1S/C28H40N4O7/c1-4-11-32(39-14-5-2)25(34)18-31-17-21(19-6-7-23-20(16-19)10-15-38-23)26(27(35)36)22(31)8-12-30-13-9-24(33)29(3)28(30)37/h6-7,16,21-22,26H,4-5,8-15,17-18H2,1-3H3,(H,35,36)/t21-,22+,26-/m1/s1. The Kier molecular flexibility index (Phi) is 9.45. The molecule has 0 saturated carbocycles. The van der Waals surface area contributed by atoms with Gasteiger partial charge < -0.3 is 14.7 Å². The van der Waals surface area contributed by atoms with E-state index in [0.29, 0.717) is 45.8 Å². The number of imide groups is 1. The van der Waals surface area contributed by atoms with Crippen molar-refractivity contribution in [2.24, 2.45) is 5.92 Å². The average Bonchev–Trinajstić information content (AvgIpc) is 3.53. The molecule has 11 heteroatoms. The van der Waals surface area contributed by atoms with Crippen molar-refractivity contribution in [3.05, 3.63) is 29.3 Å². The first kappa shape index (κ1) is 28.8. The predicted molar refractivity (Wildman–Crippen MR) is 142 cm³/mol. The second kappa shape index (κ2) is 12.8. The van der Waals surface area contributed by atoms with Crippen molar-refractivity contribution in [3.63, 3.8) is 0 Å². The number of amides is 4. The van der Waals surface area contributed by atoms with Gasteiger partial charge in [0, 0.05) is 58.0 Å². The van der Waals surface area contributed by atoms with E-state index in [-0.39, 0.29) is 36.7 Å². The van der Waals surface area contributed by atoms with E-state index in [0.717, 1.165) is 41.0 Å². The number of hydroxylamine groups is 2. The van der Waals surface area contributed by atoms with Gasteiger partial charge in [0.1, 0.15) is 5.75 Å². The molecular formula is C28H40N4O7. The molecule has 0 bridgehead atoms. The lowest BCUT2D eigenvalue weighted by Crippen LogP contribution is -2.52. The fourth-order valence-electron chi connectivity index (χ4n) is 5.85. The Morgan fingerprint density at radius 1 is 1.18 bits per heavy atom. The van der Waals surface area contributed by atoms with Crippen LogP contribution in [0.3, 0.4) is 0 Å². The smallest absolute Gasteiger partial charge is 0.326 e. The zero-order chi connectivity index (χ0) is 28.1. The zero-order valence-corrected chi connectivity index (χ0v) is 23.1. The van der Waals surface area contributed by atoms with Gasteiger partial charge in [-0.2, -0.15) is 0 Å². The fourth-order valence-corrected chi connectivity index (χ4v) is 5.85. The molecular weight excluding hydrogens is 504 g/mol. The number of hydrogen-bond donors (Lipinski definition) is 1. The molecule has 2 saturated heterocycles. The van der Waals surface area contributed by atoms with Gasteiger partial charge in [0.2, 0.25) is 5.91 Å². The molecule has 2 fully saturated rings. The van der Waals surface area contributed by atoms with Gasteiger partial charge in [-0.3, -0.25) is 29.0 Å². The zero-order valence-electron chi connectivity index (χ0n) is 23.1. The van der Waals surface area contributed by atoms with Crippen LogP contribution in [0.5, 0.6) is 5.75 Å². The van der Waals surface area contributed by atoms with Crippen LogP contribution in [0.1, 0.15) is 56.6 Å². The third-order valence-corrected chi connectivity index (χ3v) is 7.89. The summed E-state index contributed by atoms with van der Waals surface area (Å²) in [5.41, 5.74) is 1.98. The number of benzene rings is 1. The van der Waals surface area contributed by atoms with E-state index < -0.39 is 17.9 Å². The van der Waals surface area contributed by atoms with E-state index in [1.165, 1.54) is 12.1 Å². The van der Waals surface area contributed by atoms with Gasteiger partial charge in [-0.15, -0.1) is 0 Å². The molecule has 4 rings (SSSR count). The summed E-state index contributed by atoms with van der Waals surface area (Å²) in [7, 11) is 1.46. The van der Waals surface area contributed by atoms with Gasteiger partial charge >= 0.3 is 12.0 Å².